The van der Waals surface area contributed by atoms with Gasteiger partial charge in [-0.15, -0.1) is 11.8 Å². The summed E-state index contributed by atoms with van der Waals surface area (Å²) < 4.78 is 2.26. The van der Waals surface area contributed by atoms with Crippen molar-refractivity contribution in [1.29, 1.82) is 0 Å². The van der Waals surface area contributed by atoms with Crippen LogP contribution in [0.4, 0.5) is 0 Å². The fraction of sp³-hybridized carbons (Fsp3) is 0.526. The van der Waals surface area contributed by atoms with Crippen LogP contribution >= 0.6 is 11.8 Å². The Kier molecular flexibility index (Phi) is 6.13. The number of aryl methyl sites for hydroxylation is 1. The van der Waals surface area contributed by atoms with E-state index in [0.717, 1.165) is 49.7 Å². The van der Waals surface area contributed by atoms with Crippen LogP contribution in [0.5, 0.6) is 0 Å². The summed E-state index contributed by atoms with van der Waals surface area (Å²) in [6.07, 6.45) is 12.1. The van der Waals surface area contributed by atoms with Gasteiger partial charge in [0.25, 0.3) is 5.91 Å². The Bertz CT molecular complexity index is 715. The van der Waals surface area contributed by atoms with Gasteiger partial charge in [0.05, 0.1) is 5.56 Å². The summed E-state index contributed by atoms with van der Waals surface area (Å²) in [6.45, 7) is 4.77. The molecule has 1 saturated heterocycles. The van der Waals surface area contributed by atoms with Crippen molar-refractivity contribution >= 4 is 17.7 Å². The average Bonchev–Trinajstić information content (AvgIpc) is 3.14. The van der Waals surface area contributed by atoms with Gasteiger partial charge in [0, 0.05) is 44.1 Å². The fourth-order valence-corrected chi connectivity index (χ4v) is 4.00. The maximum absolute atomic E-state index is 13.0. The molecule has 0 aliphatic carbocycles. The van der Waals surface area contributed by atoms with Crippen molar-refractivity contribution < 1.29 is 4.79 Å². The number of piperidine rings is 1. The molecular formula is C19H26N4OS. The van der Waals surface area contributed by atoms with Crippen LogP contribution in [0.2, 0.25) is 0 Å². The Morgan fingerprint density at radius 1 is 1.36 bits per heavy atom. The van der Waals surface area contributed by atoms with Crippen molar-refractivity contribution in [3.05, 3.63) is 42.1 Å². The quantitative estimate of drug-likeness (QED) is 0.737. The highest BCUT2D eigenvalue weighted by Gasteiger charge is 2.29. The predicted octanol–water partition coefficient (Wildman–Crippen LogP) is 3.82. The van der Waals surface area contributed by atoms with Gasteiger partial charge in [-0.1, -0.05) is 13.3 Å². The highest BCUT2D eigenvalue weighted by Crippen LogP contribution is 2.28. The van der Waals surface area contributed by atoms with Crippen molar-refractivity contribution in [2.75, 3.05) is 19.3 Å². The van der Waals surface area contributed by atoms with Crippen LogP contribution in [-0.4, -0.2) is 44.7 Å². The number of amides is 1. The van der Waals surface area contributed by atoms with Crippen molar-refractivity contribution in [3.63, 3.8) is 0 Å². The Hall–Kier alpha value is -1.82. The molecule has 0 N–H and O–H groups in total. The molecule has 2 aromatic heterocycles. The molecule has 1 aliphatic rings. The first kappa shape index (κ1) is 18.0. The maximum atomic E-state index is 13.0. The molecule has 25 heavy (non-hydrogen) atoms. The van der Waals surface area contributed by atoms with Crippen molar-refractivity contribution in [2.24, 2.45) is 0 Å². The second-order valence-electron chi connectivity index (χ2n) is 6.48. The van der Waals surface area contributed by atoms with Crippen molar-refractivity contribution in [2.45, 2.75) is 50.1 Å². The van der Waals surface area contributed by atoms with Crippen LogP contribution in [0.25, 0.3) is 0 Å². The van der Waals surface area contributed by atoms with E-state index in [2.05, 4.69) is 27.7 Å². The minimum absolute atomic E-state index is 0.0915. The summed E-state index contributed by atoms with van der Waals surface area (Å²) in [4.78, 5) is 23.9. The zero-order chi connectivity index (χ0) is 17.6. The lowest BCUT2D eigenvalue weighted by Crippen LogP contribution is -2.40. The van der Waals surface area contributed by atoms with E-state index in [9.17, 15) is 4.79 Å². The lowest BCUT2D eigenvalue weighted by Gasteiger charge is -2.33. The summed E-state index contributed by atoms with van der Waals surface area (Å²) >= 11 is 1.52. The van der Waals surface area contributed by atoms with Crippen LogP contribution in [0.15, 0.2) is 35.7 Å². The highest BCUT2D eigenvalue weighted by molar-refractivity contribution is 7.98. The molecule has 0 saturated carbocycles. The fourth-order valence-electron chi connectivity index (χ4n) is 3.46. The van der Waals surface area contributed by atoms with E-state index in [-0.39, 0.29) is 5.91 Å². The molecule has 0 aromatic carbocycles. The third kappa shape index (κ3) is 4.06. The monoisotopic (exact) mass is 358 g/mol. The number of likely N-dealkylation sites (tertiary alicyclic amines) is 1. The number of carbonyl (C=O) groups is 1. The van der Waals surface area contributed by atoms with Gasteiger partial charge >= 0.3 is 0 Å². The van der Waals surface area contributed by atoms with Crippen molar-refractivity contribution in [3.8, 4) is 0 Å². The number of aromatic nitrogens is 3. The molecule has 134 valence electrons. The molecule has 3 rings (SSSR count). The van der Waals surface area contributed by atoms with Crippen LogP contribution < -0.4 is 0 Å². The molecule has 2 aromatic rings. The minimum atomic E-state index is 0.0915. The largest absolute Gasteiger partial charge is 0.338 e. The number of imidazole rings is 1. The van der Waals surface area contributed by atoms with Crippen LogP contribution in [0.3, 0.4) is 0 Å². The molecule has 1 aliphatic heterocycles. The topological polar surface area (TPSA) is 51.0 Å². The first-order chi connectivity index (χ1) is 12.2. The Morgan fingerprint density at radius 3 is 3.04 bits per heavy atom. The molecule has 0 bridgehead atoms. The number of unbranched alkanes of at least 4 members (excludes halogenated alkanes) is 1. The first-order valence-electron chi connectivity index (χ1n) is 9.04. The van der Waals surface area contributed by atoms with Crippen molar-refractivity contribution in [1.82, 2.24) is 19.4 Å². The molecule has 1 fully saturated rings. The van der Waals surface area contributed by atoms with E-state index in [1.54, 1.807) is 6.20 Å². The van der Waals surface area contributed by atoms with Crippen LogP contribution in [0, 0.1) is 0 Å². The van der Waals surface area contributed by atoms with Crippen LogP contribution in [-0.2, 0) is 6.54 Å². The van der Waals surface area contributed by atoms with E-state index < -0.39 is 0 Å². The minimum Gasteiger partial charge on any atom is -0.338 e. The summed E-state index contributed by atoms with van der Waals surface area (Å²) in [5.41, 5.74) is 0.713. The number of pyridine rings is 1. The van der Waals surface area contributed by atoms with E-state index in [1.807, 2.05) is 29.5 Å². The van der Waals surface area contributed by atoms with Crippen LogP contribution in [0.1, 0.15) is 54.7 Å². The third-order valence-corrected chi connectivity index (χ3v) is 5.48. The van der Waals surface area contributed by atoms with Gasteiger partial charge in [-0.3, -0.25) is 4.79 Å². The SMILES string of the molecule is CCCCn1ccnc1C1CCCN(C(=O)c2cccnc2SC)C1. The molecule has 1 unspecified atom stereocenters. The number of carbonyl (C=O) groups excluding carboxylic acids is 1. The summed E-state index contributed by atoms with van der Waals surface area (Å²) in [5.74, 6) is 1.54. The van der Waals surface area contributed by atoms with E-state index >= 15 is 0 Å². The average molecular weight is 359 g/mol. The lowest BCUT2D eigenvalue weighted by molar-refractivity contribution is 0.0699. The first-order valence-corrected chi connectivity index (χ1v) is 10.3. The summed E-state index contributed by atoms with van der Waals surface area (Å²) in [5, 5.41) is 0.805. The standard InChI is InChI=1S/C19H26N4OS/c1-3-4-11-22-13-10-20-17(22)15-7-6-12-23(14-15)19(24)16-8-5-9-21-18(16)25-2/h5,8-10,13,15H,3-4,6-7,11-12,14H2,1-2H3. The third-order valence-electron chi connectivity index (χ3n) is 4.77. The molecule has 5 nitrogen and oxygen atoms in total. The Morgan fingerprint density at radius 2 is 2.24 bits per heavy atom. The Balaban J connectivity index is 1.75. The summed E-state index contributed by atoms with van der Waals surface area (Å²) in [7, 11) is 0. The van der Waals surface area contributed by atoms with Gasteiger partial charge < -0.3 is 9.47 Å². The van der Waals surface area contributed by atoms with Gasteiger partial charge in [-0.2, -0.15) is 0 Å². The number of hydrogen-bond acceptors (Lipinski definition) is 4. The molecular weight excluding hydrogens is 332 g/mol. The second-order valence-corrected chi connectivity index (χ2v) is 7.28. The zero-order valence-corrected chi connectivity index (χ0v) is 15.8. The molecule has 0 spiro atoms. The molecule has 1 atom stereocenters. The van der Waals surface area contributed by atoms with Gasteiger partial charge in [-0.05, 0) is 37.7 Å². The van der Waals surface area contributed by atoms with E-state index in [4.69, 9.17) is 0 Å². The van der Waals surface area contributed by atoms with Gasteiger partial charge in [-0.25, -0.2) is 9.97 Å². The van der Waals surface area contributed by atoms with Gasteiger partial charge in [0.1, 0.15) is 10.9 Å². The predicted molar refractivity (Wildman–Crippen MR) is 101 cm³/mol. The second kappa shape index (κ2) is 8.52. The van der Waals surface area contributed by atoms with Gasteiger partial charge in [0.2, 0.25) is 0 Å². The Labute approximate surface area is 153 Å². The molecule has 3 heterocycles. The number of hydrogen-bond donors (Lipinski definition) is 0. The van der Waals surface area contributed by atoms with E-state index in [0.29, 0.717) is 11.5 Å². The normalized spacial score (nSPS) is 17.7. The molecule has 6 heteroatoms. The number of nitrogens with zero attached hydrogens (tertiary/aromatic N) is 4. The molecule has 0 radical (unpaired) electrons. The molecule has 1 amide bonds. The number of thioether (sulfide) groups is 1. The zero-order valence-electron chi connectivity index (χ0n) is 15.0. The number of rotatable bonds is 6. The highest BCUT2D eigenvalue weighted by atomic mass is 32.2. The lowest BCUT2D eigenvalue weighted by atomic mass is 9.96. The smallest absolute Gasteiger partial charge is 0.256 e. The maximum Gasteiger partial charge on any atom is 0.256 e. The summed E-state index contributed by atoms with van der Waals surface area (Å²) in [6, 6.07) is 3.72. The van der Waals surface area contributed by atoms with E-state index in [1.165, 1.54) is 18.2 Å². The van der Waals surface area contributed by atoms with Gasteiger partial charge in [0.15, 0.2) is 0 Å².